The normalized spacial score (nSPS) is 9.65. The average molecular weight is 267 g/mol. The minimum Gasteiger partial charge on any atom is -0.465 e. The van der Waals surface area contributed by atoms with Crippen molar-refractivity contribution in [2.75, 3.05) is 7.11 Å². The van der Waals surface area contributed by atoms with Crippen LogP contribution in [0.5, 0.6) is 11.5 Å². The molecule has 0 aliphatic rings. The van der Waals surface area contributed by atoms with Crippen LogP contribution in [0.25, 0.3) is 0 Å². The Balaban J connectivity index is 2.27. The molecule has 0 N–H and O–H groups in total. The topological polar surface area (TPSA) is 59.3 Å². The van der Waals surface area contributed by atoms with E-state index in [1.165, 1.54) is 7.11 Å². The van der Waals surface area contributed by atoms with Crippen molar-refractivity contribution in [2.45, 2.75) is 6.92 Å². The van der Waals surface area contributed by atoms with E-state index < -0.39 is 5.97 Å². The highest BCUT2D eigenvalue weighted by atomic mass is 16.5. The van der Waals surface area contributed by atoms with Crippen LogP contribution in [0.2, 0.25) is 0 Å². The molecule has 4 heteroatoms. The highest BCUT2D eigenvalue weighted by Gasteiger charge is 2.09. The Hall–Kier alpha value is -2.80. The average Bonchev–Trinajstić information content (AvgIpc) is 2.49. The lowest BCUT2D eigenvalue weighted by Gasteiger charge is -2.10. The quantitative estimate of drug-likeness (QED) is 0.799. The summed E-state index contributed by atoms with van der Waals surface area (Å²) in [4.78, 5) is 11.3. The Kier molecular flexibility index (Phi) is 4.02. The van der Waals surface area contributed by atoms with Crippen LogP contribution in [0.4, 0.5) is 0 Å². The van der Waals surface area contributed by atoms with E-state index in [2.05, 4.69) is 10.8 Å². The fraction of sp³-hybridized carbons (Fsp3) is 0.125. The third-order valence-corrected chi connectivity index (χ3v) is 2.83. The maximum Gasteiger partial charge on any atom is 0.337 e. The summed E-state index contributed by atoms with van der Waals surface area (Å²) in [5.74, 6) is 0.689. The van der Waals surface area contributed by atoms with Crippen LogP contribution >= 0.6 is 0 Å². The number of benzene rings is 2. The Labute approximate surface area is 117 Å². The summed E-state index contributed by atoms with van der Waals surface area (Å²) in [5.41, 5.74) is 1.80. The number of carbonyl (C=O) groups is 1. The number of hydrogen-bond acceptors (Lipinski definition) is 4. The van der Waals surface area contributed by atoms with Crippen molar-refractivity contribution in [3.05, 3.63) is 59.2 Å². The molecule has 0 unspecified atom stereocenters. The number of esters is 1. The summed E-state index contributed by atoms with van der Waals surface area (Å²) < 4.78 is 10.4. The number of aryl methyl sites for hydroxylation is 1. The molecule has 0 fully saturated rings. The van der Waals surface area contributed by atoms with Gasteiger partial charge in [-0.2, -0.15) is 5.26 Å². The first-order valence-corrected chi connectivity index (χ1v) is 6.01. The number of para-hydroxylation sites is 1. The summed E-state index contributed by atoms with van der Waals surface area (Å²) in [6.45, 7) is 1.87. The molecule has 4 nitrogen and oxygen atoms in total. The number of nitriles is 1. The van der Waals surface area contributed by atoms with Gasteiger partial charge in [0, 0.05) is 0 Å². The van der Waals surface area contributed by atoms with E-state index in [0.717, 1.165) is 5.56 Å². The van der Waals surface area contributed by atoms with Crippen molar-refractivity contribution in [2.24, 2.45) is 0 Å². The van der Waals surface area contributed by atoms with Gasteiger partial charge in [-0.3, -0.25) is 0 Å². The molecule has 0 spiro atoms. The molecule has 0 amide bonds. The fourth-order valence-electron chi connectivity index (χ4n) is 1.77. The van der Waals surface area contributed by atoms with E-state index in [-0.39, 0.29) is 0 Å². The van der Waals surface area contributed by atoms with E-state index in [1.54, 1.807) is 36.4 Å². The second kappa shape index (κ2) is 5.89. The number of ether oxygens (including phenoxy) is 2. The molecular weight excluding hydrogens is 254 g/mol. The molecule has 0 aliphatic heterocycles. The number of methoxy groups -OCH3 is 1. The molecule has 0 radical (unpaired) electrons. The third-order valence-electron chi connectivity index (χ3n) is 2.83. The van der Waals surface area contributed by atoms with Gasteiger partial charge in [0.25, 0.3) is 0 Å². The second-order valence-electron chi connectivity index (χ2n) is 4.18. The van der Waals surface area contributed by atoms with Gasteiger partial charge in [-0.25, -0.2) is 4.79 Å². The Bertz CT molecular complexity index is 669. The largest absolute Gasteiger partial charge is 0.465 e. The van der Waals surface area contributed by atoms with Crippen LogP contribution in [0.3, 0.4) is 0 Å². The zero-order chi connectivity index (χ0) is 14.5. The number of carbonyl (C=O) groups excluding carboxylic acids is 1. The van der Waals surface area contributed by atoms with Crippen molar-refractivity contribution in [1.82, 2.24) is 0 Å². The zero-order valence-electron chi connectivity index (χ0n) is 11.2. The van der Waals surface area contributed by atoms with E-state index in [1.807, 2.05) is 13.0 Å². The van der Waals surface area contributed by atoms with E-state index in [9.17, 15) is 4.79 Å². The SMILES string of the molecule is COC(=O)c1ccc(Oc2c(C)cccc2C#N)cc1. The first kappa shape index (κ1) is 13.6. The summed E-state index contributed by atoms with van der Waals surface area (Å²) >= 11 is 0. The summed E-state index contributed by atoms with van der Waals surface area (Å²) in [6, 6.07) is 14.0. The zero-order valence-corrected chi connectivity index (χ0v) is 11.2. The lowest BCUT2D eigenvalue weighted by Crippen LogP contribution is -2.00. The van der Waals surface area contributed by atoms with Crippen LogP contribution < -0.4 is 4.74 Å². The van der Waals surface area contributed by atoms with Crippen molar-refractivity contribution in [1.29, 1.82) is 5.26 Å². The summed E-state index contributed by atoms with van der Waals surface area (Å²) in [5, 5.41) is 9.08. The Morgan fingerprint density at radius 2 is 1.85 bits per heavy atom. The maximum atomic E-state index is 11.3. The monoisotopic (exact) mass is 267 g/mol. The van der Waals surface area contributed by atoms with Gasteiger partial charge in [0.1, 0.15) is 17.6 Å². The molecule has 2 aromatic rings. The van der Waals surface area contributed by atoms with Gasteiger partial charge in [-0.1, -0.05) is 12.1 Å². The standard InChI is InChI=1S/C16H13NO3/c1-11-4-3-5-13(10-17)15(11)20-14-8-6-12(7-9-14)16(18)19-2/h3-9H,1-2H3. The first-order chi connectivity index (χ1) is 9.65. The van der Waals surface area contributed by atoms with Crippen LogP contribution in [-0.4, -0.2) is 13.1 Å². The molecule has 0 saturated heterocycles. The van der Waals surface area contributed by atoms with E-state index in [4.69, 9.17) is 10.00 Å². The summed E-state index contributed by atoms with van der Waals surface area (Å²) in [6.07, 6.45) is 0. The smallest absolute Gasteiger partial charge is 0.337 e. The van der Waals surface area contributed by atoms with Gasteiger partial charge >= 0.3 is 5.97 Å². The van der Waals surface area contributed by atoms with Crippen molar-refractivity contribution in [3.63, 3.8) is 0 Å². The molecule has 0 heterocycles. The Morgan fingerprint density at radius 3 is 2.45 bits per heavy atom. The van der Waals surface area contributed by atoms with Crippen LogP contribution in [0.15, 0.2) is 42.5 Å². The van der Waals surface area contributed by atoms with Gasteiger partial charge in [-0.15, -0.1) is 0 Å². The maximum absolute atomic E-state index is 11.3. The lowest BCUT2D eigenvalue weighted by molar-refractivity contribution is 0.0600. The minimum absolute atomic E-state index is 0.398. The highest BCUT2D eigenvalue weighted by Crippen LogP contribution is 2.28. The second-order valence-corrected chi connectivity index (χ2v) is 4.18. The molecule has 2 rings (SSSR count). The molecule has 100 valence electrons. The van der Waals surface area contributed by atoms with Crippen molar-refractivity contribution < 1.29 is 14.3 Å². The van der Waals surface area contributed by atoms with Crippen LogP contribution in [0, 0.1) is 18.3 Å². The number of rotatable bonds is 3. The summed E-state index contributed by atoms with van der Waals surface area (Å²) in [7, 11) is 1.33. The first-order valence-electron chi connectivity index (χ1n) is 6.01. The predicted octanol–water partition coefficient (Wildman–Crippen LogP) is 3.45. The molecule has 0 bridgehead atoms. The Morgan fingerprint density at radius 1 is 1.15 bits per heavy atom. The van der Waals surface area contributed by atoms with Crippen molar-refractivity contribution >= 4 is 5.97 Å². The molecule has 20 heavy (non-hydrogen) atoms. The van der Waals surface area contributed by atoms with Gasteiger partial charge in [0.05, 0.1) is 18.2 Å². The highest BCUT2D eigenvalue weighted by molar-refractivity contribution is 5.89. The molecule has 0 atom stereocenters. The molecule has 2 aromatic carbocycles. The van der Waals surface area contributed by atoms with Crippen LogP contribution in [0.1, 0.15) is 21.5 Å². The molecule has 0 aliphatic carbocycles. The van der Waals surface area contributed by atoms with E-state index in [0.29, 0.717) is 22.6 Å². The molecule has 0 saturated carbocycles. The third kappa shape index (κ3) is 2.78. The fourth-order valence-corrected chi connectivity index (χ4v) is 1.77. The van der Waals surface area contributed by atoms with Gasteiger partial charge < -0.3 is 9.47 Å². The minimum atomic E-state index is -0.398. The van der Waals surface area contributed by atoms with Gasteiger partial charge in [0.15, 0.2) is 0 Å². The molecular formula is C16H13NO3. The van der Waals surface area contributed by atoms with Gasteiger partial charge in [0.2, 0.25) is 0 Å². The number of nitrogens with zero attached hydrogens (tertiary/aromatic N) is 1. The predicted molar refractivity (Wildman–Crippen MR) is 73.7 cm³/mol. The van der Waals surface area contributed by atoms with Crippen LogP contribution in [-0.2, 0) is 4.74 Å². The van der Waals surface area contributed by atoms with E-state index >= 15 is 0 Å². The van der Waals surface area contributed by atoms with Gasteiger partial charge in [-0.05, 0) is 42.8 Å². The number of hydrogen-bond donors (Lipinski definition) is 0. The molecule has 0 aromatic heterocycles. The lowest BCUT2D eigenvalue weighted by atomic mass is 10.1. The van der Waals surface area contributed by atoms with Crippen molar-refractivity contribution in [3.8, 4) is 17.6 Å².